The highest BCUT2D eigenvalue weighted by molar-refractivity contribution is 7.90. The number of fused-ring (bicyclic) bond motifs is 1. The Bertz CT molecular complexity index is 1320. The molecular formula is C25H30BClN2O4S. The fourth-order valence-corrected chi connectivity index (χ4v) is 6.06. The third-order valence-corrected chi connectivity index (χ3v) is 9.59. The van der Waals surface area contributed by atoms with E-state index in [0.717, 1.165) is 40.5 Å². The molecule has 0 amide bonds. The van der Waals surface area contributed by atoms with E-state index >= 15 is 0 Å². The Kier molecular flexibility index (Phi) is 5.89. The summed E-state index contributed by atoms with van der Waals surface area (Å²) in [5, 5.41) is 1.32. The van der Waals surface area contributed by atoms with E-state index in [1.165, 1.54) is 0 Å². The van der Waals surface area contributed by atoms with Crippen LogP contribution in [0.5, 0.6) is 0 Å². The zero-order valence-corrected chi connectivity index (χ0v) is 21.5. The first-order valence-corrected chi connectivity index (χ1v) is 13.6. The van der Waals surface area contributed by atoms with Gasteiger partial charge in [0.15, 0.2) is 0 Å². The van der Waals surface area contributed by atoms with E-state index < -0.39 is 28.3 Å². The third kappa shape index (κ3) is 4.31. The highest BCUT2D eigenvalue weighted by Gasteiger charge is 2.52. The molecule has 5 rings (SSSR count). The Morgan fingerprint density at radius 1 is 1.09 bits per heavy atom. The maximum absolute atomic E-state index is 12.6. The predicted octanol–water partition coefficient (Wildman–Crippen LogP) is 4.33. The van der Waals surface area contributed by atoms with Gasteiger partial charge in [0.05, 0.1) is 16.5 Å². The summed E-state index contributed by atoms with van der Waals surface area (Å²) in [5.41, 5.74) is 2.68. The molecule has 2 N–H and O–H groups in total. The monoisotopic (exact) mass is 500 g/mol. The Hall–Kier alpha value is -1.84. The summed E-state index contributed by atoms with van der Waals surface area (Å²) in [6.07, 6.45) is 1.44. The second-order valence-corrected chi connectivity index (χ2v) is 12.7. The Labute approximate surface area is 206 Å². The van der Waals surface area contributed by atoms with Crippen LogP contribution in [0, 0.1) is 0 Å². The van der Waals surface area contributed by atoms with E-state index in [1.807, 2.05) is 70.2 Å². The van der Waals surface area contributed by atoms with Gasteiger partial charge in [-0.05, 0) is 63.6 Å². The molecule has 0 radical (unpaired) electrons. The minimum absolute atomic E-state index is 0.223. The zero-order chi connectivity index (χ0) is 24.3. The first-order chi connectivity index (χ1) is 16.0. The van der Waals surface area contributed by atoms with Crippen molar-refractivity contribution in [1.29, 1.82) is 0 Å². The summed E-state index contributed by atoms with van der Waals surface area (Å²) in [7, 11) is -3.84. The highest BCUT2D eigenvalue weighted by atomic mass is 35.5. The van der Waals surface area contributed by atoms with Gasteiger partial charge in [0.1, 0.15) is 0 Å². The summed E-state index contributed by atoms with van der Waals surface area (Å²) in [5.74, 6) is -0.277. The van der Waals surface area contributed by atoms with Crippen LogP contribution in [0.25, 0.3) is 10.9 Å². The number of H-pyrrole nitrogens is 1. The van der Waals surface area contributed by atoms with Crippen LogP contribution in [0.1, 0.15) is 57.7 Å². The number of hydrogen-bond acceptors (Lipinski definition) is 4. The SMILES string of the molecule is CC1(C)OB(c2cccc3cc(C(CNS(=O)(=O)C4CC4)c4ccccc4Cl)[nH]c23)OC1(C)C. The number of sulfonamides is 1. The van der Waals surface area contributed by atoms with E-state index in [-0.39, 0.29) is 17.7 Å². The maximum atomic E-state index is 12.6. The fourth-order valence-electron chi connectivity index (χ4n) is 4.40. The normalized spacial score (nSPS) is 20.7. The van der Waals surface area contributed by atoms with Gasteiger partial charge in [-0.1, -0.05) is 48.0 Å². The van der Waals surface area contributed by atoms with Gasteiger partial charge in [0.25, 0.3) is 0 Å². The molecule has 0 bridgehead atoms. The largest absolute Gasteiger partial charge is 0.497 e. The van der Waals surface area contributed by atoms with Gasteiger partial charge in [0.2, 0.25) is 10.0 Å². The van der Waals surface area contributed by atoms with Crippen LogP contribution in [-0.4, -0.2) is 43.5 Å². The summed E-state index contributed by atoms with van der Waals surface area (Å²) < 4.78 is 40.6. The molecular weight excluding hydrogens is 471 g/mol. The maximum Gasteiger partial charge on any atom is 0.497 e. The quantitative estimate of drug-likeness (QED) is 0.473. The van der Waals surface area contributed by atoms with Gasteiger partial charge in [-0.3, -0.25) is 0 Å². The van der Waals surface area contributed by atoms with E-state index in [0.29, 0.717) is 5.02 Å². The molecule has 2 aromatic carbocycles. The first-order valence-electron chi connectivity index (χ1n) is 11.7. The van der Waals surface area contributed by atoms with Crippen molar-refractivity contribution < 1.29 is 17.7 Å². The molecule has 2 aliphatic rings. The molecule has 0 spiro atoms. The van der Waals surface area contributed by atoms with Crippen molar-refractivity contribution in [1.82, 2.24) is 9.71 Å². The van der Waals surface area contributed by atoms with Crippen molar-refractivity contribution in [2.75, 3.05) is 6.54 Å². The highest BCUT2D eigenvalue weighted by Crippen LogP contribution is 2.38. The summed E-state index contributed by atoms with van der Waals surface area (Å²) in [4.78, 5) is 3.55. The lowest BCUT2D eigenvalue weighted by molar-refractivity contribution is 0.00578. The molecule has 1 unspecified atom stereocenters. The van der Waals surface area contributed by atoms with Crippen molar-refractivity contribution >= 4 is 45.1 Å². The van der Waals surface area contributed by atoms with Gasteiger partial charge >= 0.3 is 7.12 Å². The van der Waals surface area contributed by atoms with Crippen LogP contribution in [0.15, 0.2) is 48.5 Å². The average Bonchev–Trinajstić information content (AvgIpc) is 3.50. The molecule has 3 aromatic rings. The third-order valence-electron chi connectivity index (χ3n) is 7.32. The van der Waals surface area contributed by atoms with Gasteiger partial charge in [-0.25, -0.2) is 13.1 Å². The molecule has 180 valence electrons. The lowest BCUT2D eigenvalue weighted by atomic mass is 9.78. The number of nitrogens with one attached hydrogen (secondary N) is 2. The van der Waals surface area contributed by atoms with Gasteiger partial charge in [-0.2, -0.15) is 0 Å². The van der Waals surface area contributed by atoms with Gasteiger partial charge in [0, 0.05) is 34.2 Å². The van der Waals surface area contributed by atoms with Crippen molar-refractivity contribution in [3.63, 3.8) is 0 Å². The van der Waals surface area contributed by atoms with Crippen LogP contribution in [0.3, 0.4) is 0 Å². The molecule has 34 heavy (non-hydrogen) atoms. The van der Waals surface area contributed by atoms with Crippen molar-refractivity contribution in [3.05, 3.63) is 64.8 Å². The number of aromatic nitrogens is 1. The molecule has 1 aromatic heterocycles. The molecule has 1 atom stereocenters. The van der Waals surface area contributed by atoms with E-state index in [4.69, 9.17) is 20.9 Å². The van der Waals surface area contributed by atoms with E-state index in [2.05, 4.69) is 15.8 Å². The molecule has 1 saturated heterocycles. The molecule has 1 aliphatic carbocycles. The van der Waals surface area contributed by atoms with E-state index in [9.17, 15) is 8.42 Å². The number of halogens is 1. The van der Waals surface area contributed by atoms with Crippen LogP contribution in [0.4, 0.5) is 0 Å². The average molecular weight is 501 g/mol. The first kappa shape index (κ1) is 23.9. The molecule has 9 heteroatoms. The Morgan fingerprint density at radius 3 is 2.41 bits per heavy atom. The lowest BCUT2D eigenvalue weighted by Gasteiger charge is -2.32. The number of aromatic amines is 1. The van der Waals surface area contributed by atoms with Crippen LogP contribution < -0.4 is 10.2 Å². The number of hydrogen-bond donors (Lipinski definition) is 2. The van der Waals surface area contributed by atoms with Crippen molar-refractivity contribution in [3.8, 4) is 0 Å². The van der Waals surface area contributed by atoms with Crippen molar-refractivity contribution in [2.24, 2.45) is 0 Å². The number of rotatable bonds is 7. The smallest absolute Gasteiger partial charge is 0.399 e. The number of benzene rings is 2. The Morgan fingerprint density at radius 2 is 1.76 bits per heavy atom. The second-order valence-electron chi connectivity index (χ2n) is 10.3. The van der Waals surface area contributed by atoms with Gasteiger partial charge in [-0.15, -0.1) is 0 Å². The molecule has 2 fully saturated rings. The zero-order valence-electron chi connectivity index (χ0n) is 19.9. The second kappa shape index (κ2) is 8.38. The summed E-state index contributed by atoms with van der Waals surface area (Å²) in [6.45, 7) is 8.36. The van der Waals surface area contributed by atoms with Crippen LogP contribution in [0.2, 0.25) is 5.02 Å². The number of para-hydroxylation sites is 1. The topological polar surface area (TPSA) is 80.4 Å². The van der Waals surface area contributed by atoms with E-state index in [1.54, 1.807) is 0 Å². The van der Waals surface area contributed by atoms with Crippen LogP contribution in [-0.2, 0) is 19.3 Å². The lowest BCUT2D eigenvalue weighted by Crippen LogP contribution is -2.41. The van der Waals surface area contributed by atoms with Crippen molar-refractivity contribution in [2.45, 2.75) is 62.9 Å². The minimum Gasteiger partial charge on any atom is -0.399 e. The van der Waals surface area contributed by atoms with Gasteiger partial charge < -0.3 is 14.3 Å². The fraction of sp³-hybridized carbons (Fsp3) is 0.440. The Balaban J connectivity index is 1.54. The van der Waals surface area contributed by atoms with Crippen LogP contribution >= 0.6 is 11.6 Å². The predicted molar refractivity (Wildman–Crippen MR) is 137 cm³/mol. The standard InChI is InChI=1S/C25H30BClN2O4S/c1-24(2)25(3,4)33-26(32-24)20-10-7-8-16-14-22(29-23(16)20)19(18-9-5-6-11-21(18)27)15-28-34(30,31)17-12-13-17/h5-11,14,17,19,28-29H,12-13,15H2,1-4H3. The summed E-state index contributed by atoms with van der Waals surface area (Å²) in [6, 6.07) is 15.6. The molecule has 1 saturated carbocycles. The summed E-state index contributed by atoms with van der Waals surface area (Å²) >= 11 is 6.56. The molecule has 1 aliphatic heterocycles. The molecule has 2 heterocycles. The minimum atomic E-state index is -3.34. The molecule has 6 nitrogen and oxygen atoms in total.